The van der Waals surface area contributed by atoms with E-state index < -0.39 is 6.43 Å². The molecule has 0 aromatic heterocycles. The minimum absolute atomic E-state index is 0.158. The summed E-state index contributed by atoms with van der Waals surface area (Å²) in [6, 6.07) is 0.291. The van der Waals surface area contributed by atoms with E-state index in [9.17, 15) is 8.78 Å². The summed E-state index contributed by atoms with van der Waals surface area (Å²) < 4.78 is 23.8. The maximum Gasteiger partial charge on any atom is 0.250 e. The van der Waals surface area contributed by atoms with Crippen molar-refractivity contribution in [3.8, 4) is 0 Å². The lowest BCUT2D eigenvalue weighted by molar-refractivity contribution is 0.140. The average molecular weight is 192 g/mol. The molecule has 2 nitrogen and oxygen atoms in total. The SMILES string of the molecule is CN1CCCC(NCC(F)F)CC1. The van der Waals surface area contributed by atoms with Crippen molar-refractivity contribution in [2.45, 2.75) is 31.7 Å². The Morgan fingerprint density at radius 2 is 2.15 bits per heavy atom. The van der Waals surface area contributed by atoms with Crippen molar-refractivity contribution in [2.24, 2.45) is 0 Å². The highest BCUT2D eigenvalue weighted by Gasteiger charge is 2.15. The van der Waals surface area contributed by atoms with Crippen LogP contribution in [0.5, 0.6) is 0 Å². The predicted octanol–water partition coefficient (Wildman–Crippen LogP) is 1.33. The molecule has 1 rings (SSSR count). The molecule has 1 fully saturated rings. The second-order valence-corrected chi connectivity index (χ2v) is 3.73. The van der Waals surface area contributed by atoms with Crippen molar-refractivity contribution in [1.82, 2.24) is 10.2 Å². The van der Waals surface area contributed by atoms with Crippen LogP contribution in [0.25, 0.3) is 0 Å². The summed E-state index contributed by atoms with van der Waals surface area (Å²) >= 11 is 0. The number of halogens is 2. The van der Waals surface area contributed by atoms with Gasteiger partial charge in [-0.15, -0.1) is 0 Å². The molecule has 4 heteroatoms. The van der Waals surface area contributed by atoms with E-state index in [4.69, 9.17) is 0 Å². The van der Waals surface area contributed by atoms with Gasteiger partial charge in [-0.3, -0.25) is 0 Å². The lowest BCUT2D eigenvalue weighted by Gasteiger charge is -2.16. The molecule has 0 saturated carbocycles. The van der Waals surface area contributed by atoms with Gasteiger partial charge in [-0.2, -0.15) is 0 Å². The summed E-state index contributed by atoms with van der Waals surface area (Å²) in [7, 11) is 2.08. The van der Waals surface area contributed by atoms with Crippen LogP contribution in [-0.2, 0) is 0 Å². The Morgan fingerprint density at radius 1 is 1.38 bits per heavy atom. The summed E-state index contributed by atoms with van der Waals surface area (Å²) in [4.78, 5) is 2.25. The maximum atomic E-state index is 11.9. The quantitative estimate of drug-likeness (QED) is 0.725. The van der Waals surface area contributed by atoms with Crippen molar-refractivity contribution in [1.29, 1.82) is 0 Å². The summed E-state index contributed by atoms with van der Waals surface area (Å²) in [5.74, 6) is 0. The van der Waals surface area contributed by atoms with Crippen LogP contribution in [0.1, 0.15) is 19.3 Å². The molecule has 0 amide bonds. The molecule has 1 aliphatic rings. The number of likely N-dealkylation sites (tertiary alicyclic amines) is 1. The fourth-order valence-corrected chi connectivity index (χ4v) is 1.70. The Morgan fingerprint density at radius 3 is 2.85 bits per heavy atom. The summed E-state index contributed by atoms with van der Waals surface area (Å²) in [6.45, 7) is 1.95. The average Bonchev–Trinajstić information content (AvgIpc) is 2.27. The van der Waals surface area contributed by atoms with Crippen LogP contribution >= 0.6 is 0 Å². The third-order valence-corrected chi connectivity index (χ3v) is 2.51. The van der Waals surface area contributed by atoms with Crippen molar-refractivity contribution in [3.63, 3.8) is 0 Å². The van der Waals surface area contributed by atoms with Gasteiger partial charge in [-0.05, 0) is 39.4 Å². The van der Waals surface area contributed by atoms with Crippen LogP contribution in [0.3, 0.4) is 0 Å². The molecule has 1 N–H and O–H groups in total. The van der Waals surface area contributed by atoms with Gasteiger partial charge in [0, 0.05) is 6.04 Å². The van der Waals surface area contributed by atoms with E-state index in [1.165, 1.54) is 0 Å². The van der Waals surface area contributed by atoms with Crippen molar-refractivity contribution >= 4 is 0 Å². The molecular formula is C9H18F2N2. The van der Waals surface area contributed by atoms with Crippen molar-refractivity contribution < 1.29 is 8.78 Å². The molecule has 1 aliphatic heterocycles. The zero-order chi connectivity index (χ0) is 9.68. The van der Waals surface area contributed by atoms with Gasteiger partial charge in [-0.1, -0.05) is 0 Å². The Labute approximate surface area is 78.3 Å². The third kappa shape index (κ3) is 4.52. The molecule has 0 aromatic rings. The number of hydrogen-bond donors (Lipinski definition) is 1. The molecule has 1 unspecified atom stereocenters. The van der Waals surface area contributed by atoms with Crippen LogP contribution in [0.15, 0.2) is 0 Å². The molecule has 0 aromatic carbocycles. The molecule has 0 spiro atoms. The highest BCUT2D eigenvalue weighted by molar-refractivity contribution is 4.73. The highest BCUT2D eigenvalue weighted by Crippen LogP contribution is 2.09. The van der Waals surface area contributed by atoms with Gasteiger partial charge in [-0.25, -0.2) is 8.78 Å². The summed E-state index contributed by atoms with van der Waals surface area (Å²) in [6.07, 6.45) is 0.901. The zero-order valence-corrected chi connectivity index (χ0v) is 8.10. The number of alkyl halides is 2. The monoisotopic (exact) mass is 192 g/mol. The van der Waals surface area contributed by atoms with E-state index in [0.29, 0.717) is 6.04 Å². The number of nitrogens with one attached hydrogen (secondary N) is 1. The third-order valence-electron chi connectivity index (χ3n) is 2.51. The van der Waals surface area contributed by atoms with E-state index in [2.05, 4.69) is 17.3 Å². The van der Waals surface area contributed by atoms with E-state index in [1.807, 2.05) is 0 Å². The topological polar surface area (TPSA) is 15.3 Å². The molecule has 0 radical (unpaired) electrons. The van der Waals surface area contributed by atoms with Crippen LogP contribution in [-0.4, -0.2) is 44.0 Å². The lowest BCUT2D eigenvalue weighted by atomic mass is 10.1. The van der Waals surface area contributed by atoms with Gasteiger partial charge in [0.1, 0.15) is 0 Å². The van der Waals surface area contributed by atoms with Crippen molar-refractivity contribution in [3.05, 3.63) is 0 Å². The van der Waals surface area contributed by atoms with E-state index in [-0.39, 0.29) is 6.54 Å². The van der Waals surface area contributed by atoms with Crippen LogP contribution in [0.4, 0.5) is 8.78 Å². The lowest BCUT2D eigenvalue weighted by Crippen LogP contribution is -2.33. The van der Waals surface area contributed by atoms with Crippen LogP contribution in [0.2, 0.25) is 0 Å². The molecule has 0 aliphatic carbocycles. The first-order chi connectivity index (χ1) is 6.18. The molecule has 0 bridgehead atoms. The first-order valence-corrected chi connectivity index (χ1v) is 4.88. The van der Waals surface area contributed by atoms with E-state index >= 15 is 0 Å². The molecule has 78 valence electrons. The van der Waals surface area contributed by atoms with Gasteiger partial charge >= 0.3 is 0 Å². The predicted molar refractivity (Wildman–Crippen MR) is 49.1 cm³/mol. The van der Waals surface area contributed by atoms with Crippen LogP contribution < -0.4 is 5.32 Å². The van der Waals surface area contributed by atoms with Gasteiger partial charge in [0.25, 0.3) is 6.43 Å². The largest absolute Gasteiger partial charge is 0.309 e. The first-order valence-electron chi connectivity index (χ1n) is 4.88. The molecular weight excluding hydrogens is 174 g/mol. The van der Waals surface area contributed by atoms with Gasteiger partial charge < -0.3 is 10.2 Å². The van der Waals surface area contributed by atoms with Gasteiger partial charge in [0.2, 0.25) is 0 Å². The Kier molecular flexibility index (Phi) is 4.59. The minimum Gasteiger partial charge on any atom is -0.309 e. The Hall–Kier alpha value is -0.220. The number of hydrogen-bond acceptors (Lipinski definition) is 2. The summed E-state index contributed by atoms with van der Waals surface area (Å²) in [5, 5.41) is 2.90. The van der Waals surface area contributed by atoms with Gasteiger partial charge in [0.15, 0.2) is 0 Å². The van der Waals surface area contributed by atoms with Gasteiger partial charge in [0.05, 0.1) is 6.54 Å². The molecule has 1 atom stereocenters. The standard InChI is InChI=1S/C9H18F2N2/c1-13-5-2-3-8(4-6-13)12-7-9(10)11/h8-9,12H,2-7H2,1H3. The second-order valence-electron chi connectivity index (χ2n) is 3.73. The van der Waals surface area contributed by atoms with Crippen LogP contribution in [0, 0.1) is 0 Å². The minimum atomic E-state index is -2.22. The molecule has 1 saturated heterocycles. The van der Waals surface area contributed by atoms with E-state index in [1.54, 1.807) is 0 Å². The number of nitrogens with zero attached hydrogens (tertiary/aromatic N) is 1. The smallest absolute Gasteiger partial charge is 0.250 e. The summed E-state index contributed by atoms with van der Waals surface area (Å²) in [5.41, 5.74) is 0. The number of rotatable bonds is 3. The maximum absolute atomic E-state index is 11.9. The second kappa shape index (κ2) is 5.50. The van der Waals surface area contributed by atoms with E-state index in [0.717, 1.165) is 32.4 Å². The fraction of sp³-hybridized carbons (Fsp3) is 1.00. The fourth-order valence-electron chi connectivity index (χ4n) is 1.70. The Balaban J connectivity index is 2.18. The Bertz CT molecular complexity index is 142. The highest BCUT2D eigenvalue weighted by atomic mass is 19.3. The molecule has 13 heavy (non-hydrogen) atoms. The first kappa shape index (κ1) is 10.9. The zero-order valence-electron chi connectivity index (χ0n) is 8.10. The normalized spacial score (nSPS) is 26.3. The van der Waals surface area contributed by atoms with Crippen molar-refractivity contribution in [2.75, 3.05) is 26.7 Å². The molecule has 1 heterocycles.